The number of ether oxygens (including phenoxy) is 2. The van der Waals surface area contributed by atoms with Gasteiger partial charge in [0.15, 0.2) is 5.96 Å². The Kier molecular flexibility index (Phi) is 9.20. The predicted molar refractivity (Wildman–Crippen MR) is 111 cm³/mol. The number of hydrogen-bond acceptors (Lipinski definition) is 4. The van der Waals surface area contributed by atoms with Crippen LogP contribution in [-0.4, -0.2) is 45.2 Å². The zero-order valence-electron chi connectivity index (χ0n) is 16.4. The average molecular weight is 384 g/mol. The number of aliphatic imine (C=N–C) groups is 1. The van der Waals surface area contributed by atoms with E-state index in [2.05, 4.69) is 20.9 Å². The van der Waals surface area contributed by atoms with Gasteiger partial charge in [0.1, 0.15) is 24.7 Å². The smallest absolute Gasteiger partial charge is 0.242 e. The molecule has 2 aromatic carbocycles. The van der Waals surface area contributed by atoms with Gasteiger partial charge in [0.25, 0.3) is 0 Å². The molecular formula is C21H28N4O3. The zero-order chi connectivity index (χ0) is 20.0. The number of nitrogens with one attached hydrogen (secondary N) is 3. The third-order valence-electron chi connectivity index (χ3n) is 3.78. The molecule has 3 N–H and O–H groups in total. The Hall–Kier alpha value is -3.22. The molecule has 0 saturated carbocycles. The van der Waals surface area contributed by atoms with Gasteiger partial charge < -0.3 is 25.4 Å². The van der Waals surface area contributed by atoms with Crippen LogP contribution in [-0.2, 0) is 11.3 Å². The lowest BCUT2D eigenvalue weighted by atomic mass is 10.2. The van der Waals surface area contributed by atoms with E-state index < -0.39 is 0 Å². The summed E-state index contributed by atoms with van der Waals surface area (Å²) in [7, 11) is 1.62. The topological polar surface area (TPSA) is 84.0 Å². The Labute approximate surface area is 166 Å². The van der Waals surface area contributed by atoms with Crippen molar-refractivity contribution in [2.24, 2.45) is 4.99 Å². The van der Waals surface area contributed by atoms with Gasteiger partial charge in [0.05, 0.1) is 13.7 Å². The van der Waals surface area contributed by atoms with Crippen molar-refractivity contribution in [3.63, 3.8) is 0 Å². The van der Waals surface area contributed by atoms with Crippen LogP contribution in [0.5, 0.6) is 11.5 Å². The zero-order valence-corrected chi connectivity index (χ0v) is 16.4. The van der Waals surface area contributed by atoms with E-state index in [1.165, 1.54) is 0 Å². The van der Waals surface area contributed by atoms with Crippen molar-refractivity contribution in [2.45, 2.75) is 13.5 Å². The van der Waals surface area contributed by atoms with Crippen LogP contribution in [0.25, 0.3) is 0 Å². The molecular weight excluding hydrogens is 356 g/mol. The van der Waals surface area contributed by atoms with Gasteiger partial charge in [-0.15, -0.1) is 0 Å². The second kappa shape index (κ2) is 12.2. The first-order valence-corrected chi connectivity index (χ1v) is 9.31. The minimum absolute atomic E-state index is 0.0467. The molecule has 150 valence electrons. The van der Waals surface area contributed by atoms with Gasteiger partial charge in [-0.25, -0.2) is 4.99 Å². The lowest BCUT2D eigenvalue weighted by Crippen LogP contribution is -2.40. The van der Waals surface area contributed by atoms with Crippen molar-refractivity contribution in [2.75, 3.05) is 33.4 Å². The van der Waals surface area contributed by atoms with Crippen LogP contribution in [0.2, 0.25) is 0 Å². The Morgan fingerprint density at radius 2 is 1.71 bits per heavy atom. The summed E-state index contributed by atoms with van der Waals surface area (Å²) in [5.41, 5.74) is 1.00. The number of hydrogen-bond donors (Lipinski definition) is 3. The molecule has 0 fully saturated rings. The molecule has 0 bridgehead atoms. The van der Waals surface area contributed by atoms with Crippen molar-refractivity contribution < 1.29 is 14.3 Å². The summed E-state index contributed by atoms with van der Waals surface area (Å²) < 4.78 is 10.8. The van der Waals surface area contributed by atoms with Crippen molar-refractivity contribution >= 4 is 11.9 Å². The summed E-state index contributed by atoms with van der Waals surface area (Å²) in [4.78, 5) is 16.3. The lowest BCUT2D eigenvalue weighted by molar-refractivity contribution is -0.119. The van der Waals surface area contributed by atoms with Gasteiger partial charge in [-0.3, -0.25) is 4.79 Å². The molecule has 7 nitrogen and oxygen atoms in total. The number of benzene rings is 2. The molecule has 0 aromatic heterocycles. The maximum absolute atomic E-state index is 12.0. The molecule has 0 atom stereocenters. The quantitative estimate of drug-likeness (QED) is 0.331. The molecule has 0 spiro atoms. The van der Waals surface area contributed by atoms with Gasteiger partial charge in [-0.1, -0.05) is 30.3 Å². The number of nitrogens with zero attached hydrogens (tertiary/aromatic N) is 1. The minimum atomic E-state index is -0.145. The SMILES string of the molecule is CCNC(=NCC(=O)NCc1ccc(OC)cc1)NCCOc1ccccc1. The Morgan fingerprint density at radius 1 is 0.964 bits per heavy atom. The second-order valence-electron chi connectivity index (χ2n) is 5.91. The Bertz CT molecular complexity index is 733. The van der Waals surface area contributed by atoms with E-state index in [-0.39, 0.29) is 12.5 Å². The molecule has 0 saturated heterocycles. The summed E-state index contributed by atoms with van der Waals surface area (Å²) in [5, 5.41) is 9.12. The van der Waals surface area contributed by atoms with Gasteiger partial charge >= 0.3 is 0 Å². The second-order valence-corrected chi connectivity index (χ2v) is 5.91. The van der Waals surface area contributed by atoms with Crippen molar-refractivity contribution in [1.29, 1.82) is 0 Å². The fourth-order valence-corrected chi connectivity index (χ4v) is 2.35. The first kappa shape index (κ1) is 21.1. The average Bonchev–Trinajstić information content (AvgIpc) is 2.74. The maximum Gasteiger partial charge on any atom is 0.242 e. The highest BCUT2D eigenvalue weighted by molar-refractivity contribution is 5.84. The number of rotatable bonds is 10. The molecule has 2 aromatic rings. The van der Waals surface area contributed by atoms with E-state index in [0.717, 1.165) is 17.1 Å². The van der Waals surface area contributed by atoms with Crippen LogP contribution >= 0.6 is 0 Å². The summed E-state index contributed by atoms with van der Waals surface area (Å²) in [6.07, 6.45) is 0. The summed E-state index contributed by atoms with van der Waals surface area (Å²) in [6, 6.07) is 17.2. The molecule has 0 aliphatic rings. The highest BCUT2D eigenvalue weighted by Gasteiger charge is 2.03. The van der Waals surface area contributed by atoms with E-state index in [4.69, 9.17) is 9.47 Å². The highest BCUT2D eigenvalue weighted by Crippen LogP contribution is 2.10. The van der Waals surface area contributed by atoms with Gasteiger partial charge in [0.2, 0.25) is 5.91 Å². The summed E-state index contributed by atoms with van der Waals surface area (Å²) >= 11 is 0. The molecule has 0 heterocycles. The fourth-order valence-electron chi connectivity index (χ4n) is 2.35. The predicted octanol–water partition coefficient (Wildman–Crippen LogP) is 1.95. The monoisotopic (exact) mass is 384 g/mol. The molecule has 0 aliphatic heterocycles. The van der Waals surface area contributed by atoms with Crippen LogP contribution in [0.1, 0.15) is 12.5 Å². The van der Waals surface area contributed by atoms with E-state index in [1.54, 1.807) is 7.11 Å². The Balaban J connectivity index is 1.71. The minimum Gasteiger partial charge on any atom is -0.497 e. The highest BCUT2D eigenvalue weighted by atomic mass is 16.5. The van der Waals surface area contributed by atoms with Crippen LogP contribution in [0.15, 0.2) is 59.6 Å². The number of carbonyl (C=O) groups excluding carboxylic acids is 1. The van der Waals surface area contributed by atoms with E-state index in [0.29, 0.717) is 32.2 Å². The first-order chi connectivity index (χ1) is 13.7. The summed E-state index contributed by atoms with van der Waals surface area (Å²) in [6.45, 7) is 4.25. The van der Waals surface area contributed by atoms with Gasteiger partial charge in [0, 0.05) is 13.1 Å². The number of para-hydroxylation sites is 1. The largest absolute Gasteiger partial charge is 0.497 e. The fraction of sp³-hybridized carbons (Fsp3) is 0.333. The van der Waals surface area contributed by atoms with Gasteiger partial charge in [-0.05, 0) is 36.8 Å². The third kappa shape index (κ3) is 7.99. The van der Waals surface area contributed by atoms with Gasteiger partial charge in [-0.2, -0.15) is 0 Å². The number of methoxy groups -OCH3 is 1. The molecule has 7 heteroatoms. The standard InChI is InChI=1S/C21H28N4O3/c1-3-22-21(23-13-14-28-19-7-5-4-6-8-19)25-16-20(26)24-15-17-9-11-18(27-2)12-10-17/h4-12H,3,13-16H2,1-2H3,(H,24,26)(H2,22,23,25). The third-order valence-corrected chi connectivity index (χ3v) is 3.78. The number of guanidine groups is 1. The number of carbonyl (C=O) groups is 1. The van der Waals surface area contributed by atoms with Crippen LogP contribution in [0.3, 0.4) is 0 Å². The Morgan fingerprint density at radius 3 is 2.39 bits per heavy atom. The van der Waals surface area contributed by atoms with E-state index in [1.807, 2.05) is 61.5 Å². The molecule has 0 unspecified atom stereocenters. The van der Waals surface area contributed by atoms with E-state index >= 15 is 0 Å². The molecule has 0 radical (unpaired) electrons. The van der Waals surface area contributed by atoms with Crippen molar-refractivity contribution in [1.82, 2.24) is 16.0 Å². The summed E-state index contributed by atoms with van der Waals surface area (Å²) in [5.74, 6) is 2.05. The number of amides is 1. The molecule has 2 rings (SSSR count). The van der Waals surface area contributed by atoms with Crippen LogP contribution in [0, 0.1) is 0 Å². The molecule has 0 aliphatic carbocycles. The lowest BCUT2D eigenvalue weighted by Gasteiger charge is -2.12. The van der Waals surface area contributed by atoms with E-state index in [9.17, 15) is 4.79 Å². The molecule has 1 amide bonds. The normalized spacial score (nSPS) is 10.9. The van der Waals surface area contributed by atoms with Crippen LogP contribution < -0.4 is 25.4 Å². The van der Waals surface area contributed by atoms with Crippen molar-refractivity contribution in [3.05, 3.63) is 60.2 Å². The maximum atomic E-state index is 12.0. The first-order valence-electron chi connectivity index (χ1n) is 9.31. The molecule has 28 heavy (non-hydrogen) atoms. The van der Waals surface area contributed by atoms with Crippen molar-refractivity contribution in [3.8, 4) is 11.5 Å². The van der Waals surface area contributed by atoms with Crippen LogP contribution in [0.4, 0.5) is 0 Å².